The fraction of sp³-hybridized carbons (Fsp3) is 0.684. The zero-order chi connectivity index (χ0) is 18.6. The van der Waals surface area contributed by atoms with Gasteiger partial charge in [-0.25, -0.2) is 9.37 Å². The van der Waals surface area contributed by atoms with Gasteiger partial charge in [-0.3, -0.25) is 4.79 Å². The molecule has 1 unspecified atom stereocenters. The highest BCUT2D eigenvalue weighted by atomic mass is 19.1. The summed E-state index contributed by atoms with van der Waals surface area (Å²) < 4.78 is 25.3. The lowest BCUT2D eigenvalue weighted by Gasteiger charge is -2.42. The van der Waals surface area contributed by atoms with E-state index in [1.54, 1.807) is 6.07 Å². The van der Waals surface area contributed by atoms with Crippen LogP contribution in [0.4, 0.5) is 4.39 Å². The summed E-state index contributed by atoms with van der Waals surface area (Å²) in [5.41, 5.74) is -0.166. The fourth-order valence-corrected chi connectivity index (χ4v) is 4.03. The molecule has 0 bridgehead atoms. The number of aromatic nitrogens is 1. The van der Waals surface area contributed by atoms with Crippen molar-refractivity contribution in [2.24, 2.45) is 5.92 Å². The van der Waals surface area contributed by atoms with Crippen molar-refractivity contribution in [2.75, 3.05) is 46.9 Å². The maximum atomic E-state index is 13.6. The molecule has 6 nitrogen and oxygen atoms in total. The molecule has 2 aliphatic heterocycles. The first kappa shape index (κ1) is 19.0. The highest BCUT2D eigenvalue weighted by Gasteiger charge is 2.46. The van der Waals surface area contributed by atoms with Gasteiger partial charge in [0.25, 0.3) is 0 Å². The smallest absolute Gasteiger partial charge is 0.250 e. The molecule has 0 saturated carbocycles. The van der Waals surface area contributed by atoms with Gasteiger partial charge in [-0.1, -0.05) is 0 Å². The monoisotopic (exact) mass is 365 g/mol. The number of hydrogen-bond acceptors (Lipinski definition) is 5. The van der Waals surface area contributed by atoms with E-state index in [2.05, 4.69) is 4.98 Å². The molecule has 7 heteroatoms. The first-order valence-electron chi connectivity index (χ1n) is 9.30. The van der Waals surface area contributed by atoms with Crippen LogP contribution in [0.5, 0.6) is 5.88 Å². The summed E-state index contributed by atoms with van der Waals surface area (Å²) in [6.45, 7) is 3.08. The second-order valence-electron chi connectivity index (χ2n) is 7.44. The summed E-state index contributed by atoms with van der Waals surface area (Å²) >= 11 is 0. The first-order chi connectivity index (χ1) is 12.5. The molecule has 3 rings (SSSR count). The summed E-state index contributed by atoms with van der Waals surface area (Å²) in [7, 11) is 3.81. The van der Waals surface area contributed by atoms with Crippen LogP contribution < -0.4 is 4.74 Å². The predicted molar refractivity (Wildman–Crippen MR) is 95.5 cm³/mol. The van der Waals surface area contributed by atoms with Crippen molar-refractivity contribution in [3.63, 3.8) is 0 Å². The van der Waals surface area contributed by atoms with Crippen LogP contribution >= 0.6 is 0 Å². The van der Waals surface area contributed by atoms with Crippen molar-refractivity contribution in [2.45, 2.75) is 31.3 Å². The topological polar surface area (TPSA) is 54.9 Å². The lowest BCUT2D eigenvalue weighted by atomic mass is 9.78. The Bertz CT molecular complexity index is 618. The number of ether oxygens (including phenoxy) is 2. The number of pyridine rings is 1. The van der Waals surface area contributed by atoms with E-state index in [-0.39, 0.29) is 17.4 Å². The third-order valence-corrected chi connectivity index (χ3v) is 5.44. The molecule has 0 aliphatic carbocycles. The standard InChI is InChI=1S/C19H28FN3O3/c1-22(2)14-17(24)23-10-7-19(8-11-23)15(6-13-26-19)5-12-25-18-16(20)4-3-9-21-18/h3-4,9,15H,5-8,10-14H2,1-2H3. The average Bonchev–Trinajstić information content (AvgIpc) is 2.99. The van der Waals surface area contributed by atoms with E-state index in [1.165, 1.54) is 12.3 Å². The Balaban J connectivity index is 1.50. The zero-order valence-electron chi connectivity index (χ0n) is 15.6. The Morgan fingerprint density at radius 3 is 2.92 bits per heavy atom. The molecule has 0 radical (unpaired) electrons. The molecule has 1 atom stereocenters. The molecule has 3 heterocycles. The highest BCUT2D eigenvalue weighted by Crippen LogP contribution is 2.42. The summed E-state index contributed by atoms with van der Waals surface area (Å²) in [6.07, 6.45) is 5.03. The second kappa shape index (κ2) is 8.31. The number of nitrogens with zero attached hydrogens (tertiary/aromatic N) is 3. The summed E-state index contributed by atoms with van der Waals surface area (Å²) in [5, 5.41) is 0. The van der Waals surface area contributed by atoms with E-state index in [0.29, 0.717) is 19.1 Å². The lowest BCUT2D eigenvalue weighted by Crippen LogP contribution is -2.51. The van der Waals surface area contributed by atoms with Gasteiger partial charge in [0.05, 0.1) is 18.8 Å². The van der Waals surface area contributed by atoms with E-state index in [1.807, 2.05) is 23.9 Å². The van der Waals surface area contributed by atoms with Gasteiger partial charge >= 0.3 is 0 Å². The third-order valence-electron chi connectivity index (χ3n) is 5.44. The Kier molecular flexibility index (Phi) is 6.09. The number of halogens is 1. The zero-order valence-corrected chi connectivity index (χ0v) is 15.6. The molecule has 2 aliphatic rings. The quantitative estimate of drug-likeness (QED) is 0.771. The van der Waals surface area contributed by atoms with Gasteiger partial charge in [-0.15, -0.1) is 0 Å². The molecule has 1 aromatic heterocycles. The molecule has 1 amide bonds. The van der Waals surface area contributed by atoms with Crippen molar-refractivity contribution in [1.82, 2.24) is 14.8 Å². The summed E-state index contributed by atoms with van der Waals surface area (Å²) in [6, 6.07) is 2.90. The van der Waals surface area contributed by atoms with Crippen LogP contribution in [0.3, 0.4) is 0 Å². The minimum atomic E-state index is -0.433. The number of hydrogen-bond donors (Lipinski definition) is 0. The van der Waals surface area contributed by atoms with Crippen molar-refractivity contribution in [3.05, 3.63) is 24.1 Å². The molecule has 0 N–H and O–H groups in total. The minimum absolute atomic E-state index is 0.0598. The molecular formula is C19H28FN3O3. The maximum absolute atomic E-state index is 13.6. The van der Waals surface area contributed by atoms with Crippen LogP contribution in [0.2, 0.25) is 0 Å². The molecule has 2 fully saturated rings. The van der Waals surface area contributed by atoms with Crippen LogP contribution in [-0.4, -0.2) is 73.2 Å². The molecule has 144 valence electrons. The highest BCUT2D eigenvalue weighted by molar-refractivity contribution is 5.78. The number of amides is 1. The van der Waals surface area contributed by atoms with E-state index in [4.69, 9.17) is 9.47 Å². The van der Waals surface area contributed by atoms with Gasteiger partial charge in [-0.05, 0) is 57.8 Å². The normalized spacial score (nSPS) is 22.2. The van der Waals surface area contributed by atoms with E-state index >= 15 is 0 Å². The molecule has 1 aromatic rings. The van der Waals surface area contributed by atoms with E-state index in [9.17, 15) is 9.18 Å². The van der Waals surface area contributed by atoms with Gasteiger partial charge in [0.15, 0.2) is 5.82 Å². The van der Waals surface area contributed by atoms with Crippen LogP contribution in [0.15, 0.2) is 18.3 Å². The molecule has 1 spiro atoms. The van der Waals surface area contributed by atoms with Crippen LogP contribution in [0.1, 0.15) is 25.7 Å². The Morgan fingerprint density at radius 2 is 2.23 bits per heavy atom. The van der Waals surface area contributed by atoms with Gasteiger partial charge < -0.3 is 19.3 Å². The van der Waals surface area contributed by atoms with Crippen molar-refractivity contribution in [1.29, 1.82) is 0 Å². The Labute approximate surface area is 154 Å². The third kappa shape index (κ3) is 4.32. The second-order valence-corrected chi connectivity index (χ2v) is 7.44. The van der Waals surface area contributed by atoms with Crippen molar-refractivity contribution >= 4 is 5.91 Å². The van der Waals surface area contributed by atoms with Crippen LogP contribution in [0, 0.1) is 11.7 Å². The number of rotatable bonds is 6. The number of likely N-dealkylation sites (tertiary alicyclic amines) is 1. The summed E-state index contributed by atoms with van der Waals surface area (Å²) in [4.78, 5) is 20.0. The largest absolute Gasteiger partial charge is 0.476 e. The molecule has 26 heavy (non-hydrogen) atoms. The predicted octanol–water partition coefficient (Wildman–Crippen LogP) is 1.95. The van der Waals surface area contributed by atoms with Gasteiger partial charge in [-0.2, -0.15) is 0 Å². The molecule has 0 aromatic carbocycles. The van der Waals surface area contributed by atoms with Crippen LogP contribution in [-0.2, 0) is 9.53 Å². The van der Waals surface area contributed by atoms with Gasteiger partial charge in [0, 0.05) is 25.9 Å². The number of carbonyl (C=O) groups is 1. The molecular weight excluding hydrogens is 337 g/mol. The van der Waals surface area contributed by atoms with Crippen molar-refractivity contribution in [3.8, 4) is 5.88 Å². The summed E-state index contributed by atoms with van der Waals surface area (Å²) in [5.74, 6) is 0.177. The van der Waals surface area contributed by atoms with E-state index in [0.717, 1.165) is 45.4 Å². The minimum Gasteiger partial charge on any atom is -0.476 e. The number of piperidine rings is 1. The fourth-order valence-electron chi connectivity index (χ4n) is 4.03. The first-order valence-corrected chi connectivity index (χ1v) is 9.30. The number of likely N-dealkylation sites (N-methyl/N-ethyl adjacent to an activating group) is 1. The maximum Gasteiger partial charge on any atom is 0.250 e. The van der Waals surface area contributed by atoms with Gasteiger partial charge in [0.2, 0.25) is 11.8 Å². The van der Waals surface area contributed by atoms with Crippen LogP contribution in [0.25, 0.3) is 0 Å². The Morgan fingerprint density at radius 1 is 1.46 bits per heavy atom. The van der Waals surface area contributed by atoms with Gasteiger partial charge in [0.1, 0.15) is 0 Å². The molecule has 2 saturated heterocycles. The van der Waals surface area contributed by atoms with E-state index < -0.39 is 5.82 Å². The van der Waals surface area contributed by atoms with Crippen molar-refractivity contribution < 1.29 is 18.7 Å². The Hall–Kier alpha value is -1.73. The lowest BCUT2D eigenvalue weighted by molar-refractivity contribution is -0.138. The number of carbonyl (C=O) groups excluding carboxylic acids is 1. The average molecular weight is 365 g/mol. The SMILES string of the molecule is CN(C)CC(=O)N1CCC2(CC1)OCCC2CCOc1ncccc1F.